The van der Waals surface area contributed by atoms with E-state index in [9.17, 15) is 14.4 Å². The summed E-state index contributed by atoms with van der Waals surface area (Å²) in [6, 6.07) is 0. The maximum absolute atomic E-state index is 12.8. The van der Waals surface area contributed by atoms with Crippen molar-refractivity contribution in [2.24, 2.45) is 11.8 Å². The van der Waals surface area contributed by atoms with Crippen molar-refractivity contribution in [1.29, 1.82) is 0 Å². The minimum atomic E-state index is -0.761. The highest BCUT2D eigenvalue weighted by Crippen LogP contribution is 2.17. The first-order valence-corrected chi connectivity index (χ1v) is 24.8. The Labute approximate surface area is 348 Å². The highest BCUT2D eigenvalue weighted by Gasteiger charge is 2.19. The lowest BCUT2D eigenvalue weighted by Gasteiger charge is -2.18. The molecule has 0 amide bonds. The zero-order chi connectivity index (χ0) is 41.2. The highest BCUT2D eigenvalue weighted by atomic mass is 16.6. The van der Waals surface area contributed by atoms with Crippen LogP contribution in [0.15, 0.2) is 0 Å². The van der Waals surface area contributed by atoms with Crippen molar-refractivity contribution < 1.29 is 28.6 Å². The molecule has 0 N–H and O–H groups in total. The van der Waals surface area contributed by atoms with Crippen LogP contribution in [0.4, 0.5) is 0 Å². The zero-order valence-electron chi connectivity index (χ0n) is 38.3. The molecule has 6 nitrogen and oxygen atoms in total. The van der Waals surface area contributed by atoms with Crippen LogP contribution in [-0.2, 0) is 28.6 Å². The van der Waals surface area contributed by atoms with E-state index in [4.69, 9.17) is 14.2 Å². The molecule has 0 rings (SSSR count). The second-order valence-electron chi connectivity index (χ2n) is 17.8. The zero-order valence-corrected chi connectivity index (χ0v) is 38.3. The molecule has 1 unspecified atom stereocenters. The fraction of sp³-hybridized carbons (Fsp3) is 0.940. The molecule has 0 aliphatic heterocycles. The molecule has 0 spiro atoms. The molecule has 0 fully saturated rings. The minimum absolute atomic E-state index is 0.0650. The second-order valence-corrected chi connectivity index (χ2v) is 17.8. The van der Waals surface area contributed by atoms with Crippen LogP contribution in [0.2, 0.25) is 0 Å². The first-order chi connectivity index (χ1) is 27.3. The molecule has 6 heteroatoms. The van der Waals surface area contributed by atoms with Crippen molar-refractivity contribution in [2.45, 2.75) is 278 Å². The lowest BCUT2D eigenvalue weighted by molar-refractivity contribution is -0.167. The van der Waals surface area contributed by atoms with E-state index in [0.717, 1.165) is 69.6 Å². The van der Waals surface area contributed by atoms with Gasteiger partial charge in [0.1, 0.15) is 13.2 Å². The molecule has 0 saturated carbocycles. The molecule has 0 radical (unpaired) electrons. The summed E-state index contributed by atoms with van der Waals surface area (Å²) in [5, 5.41) is 0. The van der Waals surface area contributed by atoms with E-state index in [-0.39, 0.29) is 31.1 Å². The minimum Gasteiger partial charge on any atom is -0.462 e. The van der Waals surface area contributed by atoms with Gasteiger partial charge < -0.3 is 14.2 Å². The van der Waals surface area contributed by atoms with Gasteiger partial charge in [-0.05, 0) is 31.1 Å². The van der Waals surface area contributed by atoms with Gasteiger partial charge in [-0.2, -0.15) is 0 Å². The van der Waals surface area contributed by atoms with E-state index in [2.05, 4.69) is 34.6 Å². The molecular weight excluding hydrogens is 697 g/mol. The topological polar surface area (TPSA) is 78.9 Å². The summed E-state index contributed by atoms with van der Waals surface area (Å²) >= 11 is 0. The van der Waals surface area contributed by atoms with Gasteiger partial charge in [0.05, 0.1) is 0 Å². The maximum Gasteiger partial charge on any atom is 0.306 e. The van der Waals surface area contributed by atoms with Crippen LogP contribution in [-0.4, -0.2) is 37.2 Å². The Balaban J connectivity index is 4.30. The Morgan fingerprint density at radius 1 is 0.375 bits per heavy atom. The second kappa shape index (κ2) is 43.0. The summed E-state index contributed by atoms with van der Waals surface area (Å²) in [6.45, 7) is 11.3. The monoisotopic (exact) mass is 793 g/mol. The average molecular weight is 793 g/mol. The van der Waals surface area contributed by atoms with Crippen molar-refractivity contribution in [2.75, 3.05) is 13.2 Å². The van der Waals surface area contributed by atoms with Gasteiger partial charge in [-0.25, -0.2) is 0 Å². The fourth-order valence-corrected chi connectivity index (χ4v) is 7.43. The molecular formula is C50H96O6. The highest BCUT2D eigenvalue weighted by molar-refractivity contribution is 5.71. The molecule has 0 aromatic heterocycles. The van der Waals surface area contributed by atoms with Gasteiger partial charge in [-0.15, -0.1) is 0 Å². The summed E-state index contributed by atoms with van der Waals surface area (Å²) in [6.07, 6.45) is 42.3. The number of ether oxygens (including phenoxy) is 3. The van der Waals surface area contributed by atoms with Gasteiger partial charge in [0, 0.05) is 19.3 Å². The van der Waals surface area contributed by atoms with Crippen molar-refractivity contribution in [3.8, 4) is 0 Å². The maximum atomic E-state index is 12.8. The van der Waals surface area contributed by atoms with E-state index in [1.54, 1.807) is 0 Å². The Bertz CT molecular complexity index is 856. The van der Waals surface area contributed by atoms with E-state index >= 15 is 0 Å². The summed E-state index contributed by atoms with van der Waals surface area (Å²) in [5.41, 5.74) is 0. The third-order valence-electron chi connectivity index (χ3n) is 11.6. The Kier molecular flexibility index (Phi) is 41.8. The van der Waals surface area contributed by atoms with Crippen LogP contribution < -0.4 is 0 Å². The number of unbranched alkanes of at least 4 members (excludes halogenated alkanes) is 28. The van der Waals surface area contributed by atoms with Crippen LogP contribution in [0.3, 0.4) is 0 Å². The van der Waals surface area contributed by atoms with Crippen molar-refractivity contribution in [3.05, 3.63) is 0 Å². The van der Waals surface area contributed by atoms with E-state index in [0.29, 0.717) is 19.3 Å². The number of carbonyl (C=O) groups is 3. The normalized spacial score (nSPS) is 12.5. The molecule has 0 aliphatic rings. The summed E-state index contributed by atoms with van der Waals surface area (Å²) < 4.78 is 16.8. The molecule has 0 aliphatic carbocycles. The average Bonchev–Trinajstić information content (AvgIpc) is 3.18. The Morgan fingerprint density at radius 2 is 0.679 bits per heavy atom. The van der Waals surface area contributed by atoms with E-state index in [1.165, 1.54) is 161 Å². The van der Waals surface area contributed by atoms with Gasteiger partial charge in [0.25, 0.3) is 0 Å². The van der Waals surface area contributed by atoms with Crippen molar-refractivity contribution >= 4 is 17.9 Å². The lowest BCUT2D eigenvalue weighted by atomic mass is 9.99. The largest absolute Gasteiger partial charge is 0.462 e. The predicted octanol–water partition coefficient (Wildman–Crippen LogP) is 15.8. The number of hydrogen-bond donors (Lipinski definition) is 0. The number of hydrogen-bond acceptors (Lipinski definition) is 6. The first-order valence-electron chi connectivity index (χ1n) is 24.8. The van der Waals surface area contributed by atoms with Gasteiger partial charge in [-0.3, -0.25) is 14.4 Å². The van der Waals surface area contributed by atoms with Crippen LogP contribution in [0.5, 0.6) is 0 Å². The third kappa shape index (κ3) is 42.0. The summed E-state index contributed by atoms with van der Waals surface area (Å²) in [5.74, 6) is 0.777. The molecule has 2 atom stereocenters. The van der Waals surface area contributed by atoms with Gasteiger partial charge in [0.15, 0.2) is 6.10 Å². The molecule has 0 bridgehead atoms. The van der Waals surface area contributed by atoms with E-state index < -0.39 is 6.10 Å². The molecule has 56 heavy (non-hydrogen) atoms. The van der Waals surface area contributed by atoms with Crippen molar-refractivity contribution in [1.82, 2.24) is 0 Å². The number of esters is 3. The fourth-order valence-electron chi connectivity index (χ4n) is 7.43. The first kappa shape index (κ1) is 54.4. The van der Waals surface area contributed by atoms with Crippen LogP contribution >= 0.6 is 0 Å². The predicted molar refractivity (Wildman–Crippen MR) is 238 cm³/mol. The molecule has 0 heterocycles. The number of rotatable bonds is 44. The SMILES string of the molecule is CCCCCCCCCCCCCCCCCC(=O)O[C@@H](COC(=O)CCCCCCCCCCCCC(C)CC)COC(=O)CCCCCCCCC(C)C. The van der Waals surface area contributed by atoms with Gasteiger partial charge >= 0.3 is 17.9 Å². The quantitative estimate of drug-likeness (QED) is 0.0347. The van der Waals surface area contributed by atoms with Crippen LogP contribution in [0.1, 0.15) is 272 Å². The van der Waals surface area contributed by atoms with Crippen LogP contribution in [0.25, 0.3) is 0 Å². The summed E-state index contributed by atoms with van der Waals surface area (Å²) in [4.78, 5) is 37.8. The summed E-state index contributed by atoms with van der Waals surface area (Å²) in [7, 11) is 0. The van der Waals surface area contributed by atoms with Gasteiger partial charge in [0.2, 0.25) is 0 Å². The molecule has 0 saturated heterocycles. The lowest BCUT2D eigenvalue weighted by Crippen LogP contribution is -2.30. The molecule has 0 aromatic rings. The standard InChI is InChI=1S/C50H96O6/c1-6-8-9-10-11-12-13-14-15-16-17-22-25-32-37-42-50(53)56-47(44-55-49(52)41-36-31-27-26-28-33-38-45(3)4)43-54-48(51)40-35-30-24-21-19-18-20-23-29-34-39-46(5)7-2/h45-47H,6-44H2,1-5H3/t46?,47-/m0/s1. The van der Waals surface area contributed by atoms with Crippen LogP contribution in [0, 0.1) is 11.8 Å². The number of carbonyl (C=O) groups excluding carboxylic acids is 3. The van der Waals surface area contributed by atoms with Gasteiger partial charge in [-0.1, -0.05) is 234 Å². The molecule has 0 aromatic carbocycles. The smallest absolute Gasteiger partial charge is 0.306 e. The van der Waals surface area contributed by atoms with E-state index in [1.807, 2.05) is 0 Å². The Hall–Kier alpha value is -1.59. The Morgan fingerprint density at radius 3 is 1.02 bits per heavy atom. The third-order valence-corrected chi connectivity index (χ3v) is 11.6. The molecule has 332 valence electrons. The van der Waals surface area contributed by atoms with Crippen molar-refractivity contribution in [3.63, 3.8) is 0 Å².